The Morgan fingerprint density at radius 3 is 2.71 bits per heavy atom. The number of hydrogen-bond donors (Lipinski definition) is 2. The van der Waals surface area contributed by atoms with Crippen molar-refractivity contribution in [3.05, 3.63) is 52.3 Å². The second kappa shape index (κ2) is 5.91. The Hall–Kier alpha value is -1.79. The van der Waals surface area contributed by atoms with E-state index in [9.17, 15) is 9.50 Å². The van der Waals surface area contributed by atoms with E-state index in [0.717, 1.165) is 15.7 Å². The Balaban J connectivity index is 1.86. The van der Waals surface area contributed by atoms with E-state index >= 15 is 0 Å². The van der Waals surface area contributed by atoms with Crippen molar-refractivity contribution in [1.29, 1.82) is 0 Å². The maximum Gasteiger partial charge on any atom is 0.231 e. The number of aliphatic hydroxyl groups is 1. The molecule has 0 aromatic heterocycles. The van der Waals surface area contributed by atoms with Crippen LogP contribution in [-0.2, 0) is 0 Å². The SMILES string of the molecule is OCC(Nc1ccc(F)cc1)c1cc(Br)c2c(c1)OCO2. The average Bonchev–Trinajstić information content (AvgIpc) is 2.95. The molecule has 0 aliphatic carbocycles. The van der Waals surface area contributed by atoms with Gasteiger partial charge in [-0.2, -0.15) is 0 Å². The number of rotatable bonds is 4. The second-order valence-corrected chi connectivity index (χ2v) is 5.48. The van der Waals surface area contributed by atoms with Crippen molar-refractivity contribution in [2.45, 2.75) is 6.04 Å². The molecule has 0 saturated carbocycles. The molecule has 2 aromatic rings. The minimum atomic E-state index is -0.332. The predicted molar refractivity (Wildman–Crippen MR) is 80.1 cm³/mol. The molecule has 6 heteroatoms. The number of halogens is 2. The number of aliphatic hydroxyl groups excluding tert-OH is 1. The van der Waals surface area contributed by atoms with Gasteiger partial charge in [0.05, 0.1) is 17.1 Å². The first kappa shape index (κ1) is 14.2. The molecule has 1 unspecified atom stereocenters. The molecule has 0 saturated heterocycles. The van der Waals surface area contributed by atoms with Crippen LogP contribution in [0.3, 0.4) is 0 Å². The predicted octanol–water partition coefficient (Wildman–Crippen LogP) is 3.46. The number of hydrogen-bond acceptors (Lipinski definition) is 4. The van der Waals surface area contributed by atoms with Crippen LogP contribution in [0.1, 0.15) is 11.6 Å². The maximum absolute atomic E-state index is 12.9. The zero-order valence-corrected chi connectivity index (χ0v) is 12.6. The first-order chi connectivity index (χ1) is 10.2. The molecule has 1 aliphatic rings. The Morgan fingerprint density at radius 1 is 1.24 bits per heavy atom. The van der Waals surface area contributed by atoms with Crippen LogP contribution < -0.4 is 14.8 Å². The summed E-state index contributed by atoms with van der Waals surface area (Å²) in [5.74, 6) is 1.00. The lowest BCUT2D eigenvalue weighted by Crippen LogP contribution is -2.14. The first-order valence-electron chi connectivity index (χ1n) is 6.39. The van der Waals surface area contributed by atoms with Gasteiger partial charge in [0, 0.05) is 5.69 Å². The molecule has 0 radical (unpaired) electrons. The zero-order valence-electron chi connectivity index (χ0n) is 11.0. The minimum absolute atomic E-state index is 0.108. The molecule has 2 aromatic carbocycles. The van der Waals surface area contributed by atoms with Crippen LogP contribution in [0, 0.1) is 5.82 Å². The molecule has 4 nitrogen and oxygen atoms in total. The highest BCUT2D eigenvalue weighted by Crippen LogP contribution is 2.41. The van der Waals surface area contributed by atoms with Gasteiger partial charge in [0.15, 0.2) is 11.5 Å². The van der Waals surface area contributed by atoms with Crippen molar-refractivity contribution in [3.63, 3.8) is 0 Å². The van der Waals surface area contributed by atoms with Crippen LogP contribution in [0.15, 0.2) is 40.9 Å². The lowest BCUT2D eigenvalue weighted by Gasteiger charge is -2.19. The van der Waals surface area contributed by atoms with E-state index in [-0.39, 0.29) is 25.3 Å². The summed E-state index contributed by atoms with van der Waals surface area (Å²) in [7, 11) is 0. The van der Waals surface area contributed by atoms with Crippen molar-refractivity contribution in [3.8, 4) is 11.5 Å². The second-order valence-electron chi connectivity index (χ2n) is 4.62. The minimum Gasteiger partial charge on any atom is -0.454 e. The van der Waals surface area contributed by atoms with Crippen LogP contribution in [0.25, 0.3) is 0 Å². The van der Waals surface area contributed by atoms with Gasteiger partial charge in [0.1, 0.15) is 5.82 Å². The molecule has 0 bridgehead atoms. The van der Waals surface area contributed by atoms with E-state index in [0.29, 0.717) is 11.5 Å². The number of anilines is 1. The van der Waals surface area contributed by atoms with E-state index < -0.39 is 0 Å². The molecule has 1 atom stereocenters. The third kappa shape index (κ3) is 2.96. The van der Waals surface area contributed by atoms with Gasteiger partial charge in [-0.15, -0.1) is 0 Å². The van der Waals surface area contributed by atoms with Crippen LogP contribution in [0.2, 0.25) is 0 Å². The van der Waals surface area contributed by atoms with Crippen LogP contribution in [0.5, 0.6) is 11.5 Å². The third-order valence-corrected chi connectivity index (χ3v) is 3.81. The number of ether oxygens (including phenoxy) is 2. The molecule has 1 heterocycles. The summed E-state index contributed by atoms with van der Waals surface area (Å²) in [5.41, 5.74) is 1.57. The lowest BCUT2D eigenvalue weighted by atomic mass is 10.1. The lowest BCUT2D eigenvalue weighted by molar-refractivity contribution is 0.173. The van der Waals surface area contributed by atoms with Crippen molar-refractivity contribution >= 4 is 21.6 Å². The number of fused-ring (bicyclic) bond motifs is 1. The molecule has 3 rings (SSSR count). The Morgan fingerprint density at radius 2 is 2.00 bits per heavy atom. The Labute approximate surface area is 129 Å². The molecule has 110 valence electrons. The summed E-state index contributed by atoms with van der Waals surface area (Å²) in [4.78, 5) is 0. The quantitative estimate of drug-likeness (QED) is 0.883. The molecule has 1 aliphatic heterocycles. The van der Waals surface area contributed by atoms with Gasteiger partial charge >= 0.3 is 0 Å². The van der Waals surface area contributed by atoms with Crippen molar-refractivity contribution in [1.82, 2.24) is 0 Å². The van der Waals surface area contributed by atoms with Crippen LogP contribution in [-0.4, -0.2) is 18.5 Å². The van der Waals surface area contributed by atoms with Gasteiger partial charge in [-0.05, 0) is 57.9 Å². The van der Waals surface area contributed by atoms with E-state index in [4.69, 9.17) is 9.47 Å². The van der Waals surface area contributed by atoms with Gasteiger partial charge in [-0.3, -0.25) is 0 Å². The maximum atomic E-state index is 12.9. The summed E-state index contributed by atoms with van der Waals surface area (Å²) < 4.78 is 24.4. The highest BCUT2D eigenvalue weighted by atomic mass is 79.9. The fourth-order valence-corrected chi connectivity index (χ4v) is 2.74. The highest BCUT2D eigenvalue weighted by molar-refractivity contribution is 9.10. The van der Waals surface area contributed by atoms with E-state index in [1.165, 1.54) is 12.1 Å². The first-order valence-corrected chi connectivity index (χ1v) is 7.18. The van der Waals surface area contributed by atoms with Crippen molar-refractivity contribution < 1.29 is 19.0 Å². The molecule has 0 amide bonds. The molecule has 0 spiro atoms. The third-order valence-electron chi connectivity index (χ3n) is 3.22. The monoisotopic (exact) mass is 353 g/mol. The summed E-state index contributed by atoms with van der Waals surface area (Å²) in [6.45, 7) is 0.0794. The van der Waals surface area contributed by atoms with Gasteiger partial charge in [0.2, 0.25) is 6.79 Å². The Bertz CT molecular complexity index is 648. The van der Waals surface area contributed by atoms with Crippen molar-refractivity contribution in [2.24, 2.45) is 0 Å². The van der Waals surface area contributed by atoms with Crippen LogP contribution >= 0.6 is 15.9 Å². The smallest absolute Gasteiger partial charge is 0.231 e. The van der Waals surface area contributed by atoms with E-state index in [1.54, 1.807) is 12.1 Å². The fraction of sp³-hybridized carbons (Fsp3) is 0.200. The van der Waals surface area contributed by atoms with E-state index in [2.05, 4.69) is 21.2 Å². The highest BCUT2D eigenvalue weighted by Gasteiger charge is 2.21. The summed E-state index contributed by atoms with van der Waals surface area (Å²) in [6.07, 6.45) is 0. The van der Waals surface area contributed by atoms with Gasteiger partial charge < -0.3 is 19.9 Å². The molecule has 2 N–H and O–H groups in total. The average molecular weight is 354 g/mol. The molecule has 21 heavy (non-hydrogen) atoms. The standard InChI is InChI=1S/C15H13BrFNO3/c16-12-5-9(6-14-15(12)21-8-20-14)13(7-19)18-11-3-1-10(17)2-4-11/h1-6,13,18-19H,7-8H2. The van der Waals surface area contributed by atoms with Crippen molar-refractivity contribution in [2.75, 3.05) is 18.7 Å². The molecule has 0 fully saturated rings. The van der Waals surface area contributed by atoms with Gasteiger partial charge in [-0.25, -0.2) is 4.39 Å². The summed E-state index contributed by atoms with van der Waals surface area (Å²) >= 11 is 3.43. The normalized spacial score (nSPS) is 14.0. The zero-order chi connectivity index (χ0) is 14.8. The topological polar surface area (TPSA) is 50.7 Å². The molecular weight excluding hydrogens is 341 g/mol. The number of benzene rings is 2. The van der Waals surface area contributed by atoms with Crippen LogP contribution in [0.4, 0.5) is 10.1 Å². The Kier molecular flexibility index (Phi) is 3.98. The fourth-order valence-electron chi connectivity index (χ4n) is 2.17. The van der Waals surface area contributed by atoms with Gasteiger partial charge in [0.25, 0.3) is 0 Å². The number of nitrogens with one attached hydrogen (secondary N) is 1. The largest absolute Gasteiger partial charge is 0.454 e. The summed E-state index contributed by atoms with van der Waals surface area (Å²) in [5, 5.41) is 12.8. The summed E-state index contributed by atoms with van der Waals surface area (Å²) in [6, 6.07) is 9.34. The van der Waals surface area contributed by atoms with E-state index in [1.807, 2.05) is 12.1 Å². The molecular formula is C15H13BrFNO3. The van der Waals surface area contributed by atoms with Gasteiger partial charge in [-0.1, -0.05) is 0 Å².